The minimum atomic E-state index is -1.61. The molecule has 0 aliphatic carbocycles. The monoisotopic (exact) mass is 664 g/mol. The summed E-state index contributed by atoms with van der Waals surface area (Å²) in [7, 11) is -3.05. The molecular weight excluding hydrogens is 605 g/mol. The van der Waals surface area contributed by atoms with Gasteiger partial charge >= 0.3 is 11.9 Å². The van der Waals surface area contributed by atoms with Crippen LogP contribution in [0.4, 0.5) is 0 Å². The molecule has 3 fully saturated rings. The molecule has 3 aliphatic heterocycles. The molecule has 3 unspecified atom stereocenters. The first kappa shape index (κ1) is 39.5. The highest BCUT2D eigenvalue weighted by Gasteiger charge is 2.54. The van der Waals surface area contributed by atoms with Crippen molar-refractivity contribution in [2.24, 2.45) is 0 Å². The molecule has 3 aliphatic rings. The summed E-state index contributed by atoms with van der Waals surface area (Å²) in [6.07, 6.45) is 1.06. The van der Waals surface area contributed by atoms with E-state index in [9.17, 15) is 9.59 Å². The first-order chi connectivity index (χ1) is 21.1. The second-order valence-electron chi connectivity index (χ2n) is 13.2. The lowest BCUT2D eigenvalue weighted by Crippen LogP contribution is -2.34. The average Bonchev–Trinajstić information content (AvgIpc) is 3.61. The largest absolute Gasteiger partial charge is 0.456 e. The molecule has 8 nitrogen and oxygen atoms in total. The molecule has 0 aromatic heterocycles. The number of carbonyl (C=O) groups excluding carboxylic acids is 2. The van der Waals surface area contributed by atoms with Crippen LogP contribution in [-0.2, 0) is 38.0 Å². The second kappa shape index (κ2) is 16.4. The molecule has 3 rings (SSSR count). The van der Waals surface area contributed by atoms with Crippen LogP contribution in [0.3, 0.4) is 0 Å². The van der Waals surface area contributed by atoms with Crippen molar-refractivity contribution >= 4 is 28.1 Å². The van der Waals surface area contributed by atoms with Gasteiger partial charge in [0.1, 0.15) is 33.5 Å². The summed E-state index contributed by atoms with van der Waals surface area (Å²) in [6, 6.07) is 6.98. The van der Waals surface area contributed by atoms with Crippen molar-refractivity contribution in [3.8, 4) is 22.9 Å². The van der Waals surface area contributed by atoms with Crippen molar-refractivity contribution in [2.45, 2.75) is 187 Å². The van der Waals surface area contributed by atoms with Crippen molar-refractivity contribution in [1.29, 1.82) is 0 Å². The van der Waals surface area contributed by atoms with Crippen LogP contribution in [0, 0.1) is 22.9 Å². The topological polar surface area (TPSA) is 89.5 Å². The molecule has 0 aromatic carbocycles. The van der Waals surface area contributed by atoms with Gasteiger partial charge in [-0.2, -0.15) is 0 Å². The average molecular weight is 665 g/mol. The smallest absolute Gasteiger partial charge is 0.305 e. The predicted octanol–water partition coefficient (Wildman–Crippen LogP) is 7.51. The summed E-state index contributed by atoms with van der Waals surface area (Å²) in [6.45, 7) is 24.1. The minimum Gasteiger partial charge on any atom is -0.456 e. The maximum absolute atomic E-state index is 11.3. The number of ether oxygens (including phenoxy) is 6. The van der Waals surface area contributed by atoms with Crippen LogP contribution in [0.1, 0.15) is 109 Å². The van der Waals surface area contributed by atoms with Gasteiger partial charge in [-0.1, -0.05) is 67.2 Å². The number of rotatable bonds is 10. The molecular formula is C35H60O8Si2. The van der Waals surface area contributed by atoms with Gasteiger partial charge in [-0.3, -0.25) is 9.59 Å². The summed E-state index contributed by atoms with van der Waals surface area (Å²) in [4.78, 5) is 22.7. The molecule has 0 aromatic rings. The number of hydrogen-bond acceptors (Lipinski definition) is 8. The van der Waals surface area contributed by atoms with Crippen LogP contribution < -0.4 is 0 Å². The molecule has 3 heterocycles. The maximum atomic E-state index is 11.3. The van der Waals surface area contributed by atoms with Gasteiger partial charge in [0.2, 0.25) is 6.29 Å². The number of fused-ring (bicyclic) bond motifs is 1. The van der Waals surface area contributed by atoms with E-state index in [2.05, 4.69) is 71.4 Å². The van der Waals surface area contributed by atoms with Gasteiger partial charge in [0.25, 0.3) is 0 Å². The number of hydrogen-bond donors (Lipinski definition) is 0. The van der Waals surface area contributed by atoms with Gasteiger partial charge in [0, 0.05) is 26.7 Å². The van der Waals surface area contributed by atoms with Crippen molar-refractivity contribution in [3.63, 3.8) is 0 Å². The van der Waals surface area contributed by atoms with Crippen molar-refractivity contribution in [2.75, 3.05) is 0 Å². The molecule has 10 heteroatoms. The predicted molar refractivity (Wildman–Crippen MR) is 182 cm³/mol. The van der Waals surface area contributed by atoms with Gasteiger partial charge in [0.05, 0.1) is 0 Å². The van der Waals surface area contributed by atoms with Crippen LogP contribution in [0.15, 0.2) is 0 Å². The molecule has 0 amide bonds. The van der Waals surface area contributed by atoms with E-state index in [1.165, 1.54) is 32.0 Å². The van der Waals surface area contributed by atoms with Crippen LogP contribution in [0.25, 0.3) is 0 Å². The van der Waals surface area contributed by atoms with Crippen molar-refractivity contribution < 1.29 is 38.0 Å². The van der Waals surface area contributed by atoms with Gasteiger partial charge < -0.3 is 28.4 Å². The zero-order valence-corrected chi connectivity index (χ0v) is 32.1. The first-order valence-corrected chi connectivity index (χ1v) is 22.5. The molecule has 0 spiro atoms. The summed E-state index contributed by atoms with van der Waals surface area (Å²) in [5.41, 5.74) is 6.13. The van der Waals surface area contributed by atoms with Gasteiger partial charge in [-0.15, -0.1) is 11.1 Å². The van der Waals surface area contributed by atoms with E-state index in [-0.39, 0.29) is 18.0 Å². The Balaban J connectivity index is 0.000000316. The Bertz CT molecular complexity index is 1070. The third-order valence-electron chi connectivity index (χ3n) is 10.1. The quantitative estimate of drug-likeness (QED) is 0.135. The van der Waals surface area contributed by atoms with E-state index in [4.69, 9.17) is 28.4 Å². The van der Waals surface area contributed by atoms with E-state index in [1.807, 2.05) is 20.8 Å². The van der Waals surface area contributed by atoms with Crippen molar-refractivity contribution in [3.05, 3.63) is 0 Å². The third-order valence-corrected chi connectivity index (χ3v) is 19.5. The molecule has 3 saturated heterocycles. The van der Waals surface area contributed by atoms with Crippen LogP contribution in [-0.4, -0.2) is 69.9 Å². The highest BCUT2D eigenvalue weighted by atomic mass is 28.3. The SMILES string of the molecule is CC[C@]1(C#C[Si](CC)(CC)CC)CC(OC(C)=O)C(OC(C)=O)O1.CC[C@]1(C#C[Si](CC)(CC)CC)CC2OC(C)(C)O[C@@H]2O1. The molecule has 0 bridgehead atoms. The van der Waals surface area contributed by atoms with E-state index >= 15 is 0 Å². The summed E-state index contributed by atoms with van der Waals surface area (Å²) in [5, 5.41) is 0. The fraction of sp³-hybridized carbons (Fsp3) is 0.829. The molecule has 0 N–H and O–H groups in total. The fourth-order valence-electron chi connectivity index (χ4n) is 6.29. The zero-order chi connectivity index (χ0) is 34.1. The second-order valence-corrected chi connectivity index (χ2v) is 23.1. The maximum Gasteiger partial charge on any atom is 0.305 e. The normalized spacial score (nSPS) is 30.1. The lowest BCUT2D eigenvalue weighted by molar-refractivity contribution is -0.215. The standard InChI is InChI=1S/C18H30O5Si.C17H30O3Si/c1-7-18(11-12-24(8-2,9-3)10-4)13-16(21-14(5)19)17(23-18)22-15(6)20;1-7-17(11-12-21(8-2,9-3)10-4)13-14-15(20-17)19-16(5,6)18-14/h16-17H,7-10,13H2,1-6H3;14-15H,7-10,13H2,1-6H3/t16?,17?,18-;14?,15-,17+/m01/s1. The Hall–Kier alpha value is -1.67. The lowest BCUT2D eigenvalue weighted by Gasteiger charge is -2.27. The Morgan fingerprint density at radius 3 is 1.49 bits per heavy atom. The summed E-state index contributed by atoms with van der Waals surface area (Å²) < 4.78 is 34.4. The van der Waals surface area contributed by atoms with E-state index in [0.29, 0.717) is 12.8 Å². The zero-order valence-electron chi connectivity index (χ0n) is 30.1. The van der Waals surface area contributed by atoms with E-state index in [1.54, 1.807) is 0 Å². The molecule has 0 radical (unpaired) electrons. The molecule has 0 saturated carbocycles. The fourth-order valence-corrected chi connectivity index (χ4v) is 11.3. The molecule has 256 valence electrons. The lowest BCUT2D eigenvalue weighted by atomic mass is 9.97. The molecule has 6 atom stereocenters. The highest BCUT2D eigenvalue weighted by Crippen LogP contribution is 2.43. The van der Waals surface area contributed by atoms with E-state index < -0.39 is 51.9 Å². The third kappa shape index (κ3) is 10.2. The van der Waals surface area contributed by atoms with Gasteiger partial charge in [-0.25, -0.2) is 0 Å². The molecule has 45 heavy (non-hydrogen) atoms. The van der Waals surface area contributed by atoms with Gasteiger partial charge in [0.15, 0.2) is 18.2 Å². The van der Waals surface area contributed by atoms with E-state index in [0.717, 1.165) is 31.0 Å². The van der Waals surface area contributed by atoms with Crippen LogP contribution in [0.5, 0.6) is 0 Å². The summed E-state index contributed by atoms with van der Waals surface area (Å²) in [5.74, 6) is 5.47. The Morgan fingerprint density at radius 1 is 0.667 bits per heavy atom. The van der Waals surface area contributed by atoms with Gasteiger partial charge in [-0.05, 0) is 63.0 Å². The highest BCUT2D eigenvalue weighted by molar-refractivity contribution is 6.87. The number of esters is 2. The van der Waals surface area contributed by atoms with Crippen molar-refractivity contribution in [1.82, 2.24) is 0 Å². The number of carbonyl (C=O) groups is 2. The Kier molecular flexibility index (Phi) is 14.4. The minimum absolute atomic E-state index is 0.0233. The Labute approximate surface area is 275 Å². The van der Waals surface area contributed by atoms with Crippen LogP contribution >= 0.6 is 0 Å². The summed E-state index contributed by atoms with van der Waals surface area (Å²) >= 11 is 0. The Morgan fingerprint density at radius 2 is 1.11 bits per heavy atom. The first-order valence-electron chi connectivity index (χ1n) is 17.2. The van der Waals surface area contributed by atoms with Crippen LogP contribution in [0.2, 0.25) is 36.3 Å².